The number of benzene rings is 4. The summed E-state index contributed by atoms with van der Waals surface area (Å²) in [5, 5.41) is 6.46. The minimum atomic E-state index is -0.356. The molecule has 2 aliphatic heterocycles. The molecule has 2 aliphatic carbocycles. The average Bonchev–Trinajstić information content (AvgIpc) is 3.70. The van der Waals surface area contributed by atoms with Gasteiger partial charge in [0.2, 0.25) is 0 Å². The van der Waals surface area contributed by atoms with Crippen LogP contribution >= 0.6 is 15.9 Å². The van der Waals surface area contributed by atoms with Gasteiger partial charge in [-0.15, -0.1) is 0 Å². The standard InChI is InChI=1S/C26H30N2O2.C24H26N2O2.C6H11BrO2/c1-3-27-15-16-28-23-17-19(26(29)30-2)13-14-20(23)24(18-9-5-4-6-10-18)25(28)21-11-7-8-12-22(21)27;1-28-24(27)17-11-12-19-21(15-17)26-14-13-25-20-10-6-5-9-18(20)23(26)22(19)16-7-3-2-4-8-16;1-6(2,3)9-5(8)4-7/h7-8,11-14,17-18H,3-6,9-10,15-16H2,1-2H3;5-6,9-12,15-16,25H,2-4,7-8,13-14H2,1H3;4H2,1-3H3. The van der Waals surface area contributed by atoms with Crippen molar-refractivity contribution in [1.29, 1.82) is 0 Å². The first-order chi connectivity index (χ1) is 32.5. The second-order valence-corrected chi connectivity index (χ2v) is 19.8. The first-order valence-electron chi connectivity index (χ1n) is 24.4. The number of hydrogen-bond donors (Lipinski definition) is 1. The number of likely N-dealkylation sites (N-methyl/N-ethyl adjacent to an activating group) is 1. The first kappa shape index (κ1) is 47.9. The SMILES string of the molecule is CC(C)(C)OC(=O)CBr.CCN1CCn2c(c(C3CCCCC3)c3ccc(C(=O)OC)cc32)-c2ccccc21.COC(=O)c1ccc2c(C3CCCCC3)c3n(c2c1)CCNc1ccccc1-3. The van der Waals surface area contributed by atoms with Crippen molar-refractivity contribution in [3.8, 4) is 22.5 Å². The summed E-state index contributed by atoms with van der Waals surface area (Å²) in [7, 11) is 2.90. The molecule has 0 amide bonds. The number of fused-ring (bicyclic) bond motifs is 10. The van der Waals surface area contributed by atoms with Crippen LogP contribution in [-0.2, 0) is 32.1 Å². The average molecular weight is 972 g/mol. The van der Waals surface area contributed by atoms with Gasteiger partial charge in [0.25, 0.3) is 0 Å². The third-order valence-electron chi connectivity index (χ3n) is 13.9. The number of methoxy groups -OCH3 is 2. The van der Waals surface area contributed by atoms with Gasteiger partial charge in [-0.2, -0.15) is 0 Å². The van der Waals surface area contributed by atoms with E-state index in [4.69, 9.17) is 14.2 Å². The Morgan fingerprint density at radius 3 is 1.67 bits per heavy atom. The smallest absolute Gasteiger partial charge is 0.337 e. The summed E-state index contributed by atoms with van der Waals surface area (Å²) in [4.78, 5) is 37.4. The van der Waals surface area contributed by atoms with E-state index in [1.807, 2.05) is 45.0 Å². The van der Waals surface area contributed by atoms with Crippen molar-refractivity contribution >= 4 is 67.0 Å². The number of carbonyl (C=O) groups excluding carboxylic acids is 3. The molecule has 2 saturated carbocycles. The van der Waals surface area contributed by atoms with E-state index in [0.29, 0.717) is 23.0 Å². The Hall–Kier alpha value is -5.55. The van der Waals surface area contributed by atoms with Gasteiger partial charge in [-0.3, -0.25) is 4.79 Å². The van der Waals surface area contributed by atoms with Crippen molar-refractivity contribution in [2.75, 3.05) is 49.4 Å². The second kappa shape index (κ2) is 21.2. The molecule has 1 N–H and O–H groups in total. The van der Waals surface area contributed by atoms with E-state index >= 15 is 0 Å². The lowest BCUT2D eigenvalue weighted by Crippen LogP contribution is -2.25. The number of rotatable bonds is 6. The number of halogens is 1. The van der Waals surface area contributed by atoms with E-state index in [1.165, 1.54) is 140 Å². The molecule has 11 heteroatoms. The Kier molecular flexibility index (Phi) is 15.1. The predicted octanol–water partition coefficient (Wildman–Crippen LogP) is 13.3. The highest BCUT2D eigenvalue weighted by molar-refractivity contribution is 9.09. The zero-order valence-electron chi connectivity index (χ0n) is 40.2. The van der Waals surface area contributed by atoms with Crippen molar-refractivity contribution in [3.05, 3.63) is 107 Å². The Morgan fingerprint density at radius 2 is 1.16 bits per heavy atom. The highest BCUT2D eigenvalue weighted by atomic mass is 79.9. The monoisotopic (exact) mass is 970 g/mol. The number of carbonyl (C=O) groups is 3. The van der Waals surface area contributed by atoms with E-state index in [-0.39, 0.29) is 28.8 Å². The molecule has 4 aliphatic rings. The number of esters is 3. The minimum absolute atomic E-state index is 0.220. The Balaban J connectivity index is 0.000000154. The van der Waals surface area contributed by atoms with E-state index in [9.17, 15) is 14.4 Å². The number of aromatic nitrogens is 2. The summed E-state index contributed by atoms with van der Waals surface area (Å²) >= 11 is 2.99. The highest BCUT2D eigenvalue weighted by Gasteiger charge is 2.32. The molecule has 0 radical (unpaired) electrons. The molecule has 0 unspecified atom stereocenters. The van der Waals surface area contributed by atoms with Crippen LogP contribution < -0.4 is 10.2 Å². The lowest BCUT2D eigenvalue weighted by Gasteiger charge is -2.25. The number of para-hydroxylation sites is 2. The normalized spacial score (nSPS) is 16.0. The lowest BCUT2D eigenvalue weighted by atomic mass is 9.81. The van der Waals surface area contributed by atoms with Crippen molar-refractivity contribution in [2.24, 2.45) is 0 Å². The maximum atomic E-state index is 12.3. The van der Waals surface area contributed by atoms with Crippen LogP contribution in [-0.4, -0.2) is 71.8 Å². The number of hydrogen-bond acceptors (Lipinski definition) is 8. The van der Waals surface area contributed by atoms with Gasteiger partial charge < -0.3 is 33.6 Å². The van der Waals surface area contributed by atoms with Crippen LogP contribution in [0, 0.1) is 0 Å². The Bertz CT molecular complexity index is 2730. The van der Waals surface area contributed by atoms with Gasteiger partial charge in [-0.25, -0.2) is 9.59 Å². The third-order valence-corrected chi connectivity index (χ3v) is 14.4. The minimum Gasteiger partial charge on any atom is -0.465 e. The van der Waals surface area contributed by atoms with Gasteiger partial charge in [0, 0.05) is 77.0 Å². The van der Waals surface area contributed by atoms with Crippen LogP contribution in [0.5, 0.6) is 0 Å². The molecule has 0 saturated heterocycles. The summed E-state index contributed by atoms with van der Waals surface area (Å²) in [5.74, 6) is 0.410. The molecule has 4 aromatic carbocycles. The number of ether oxygens (including phenoxy) is 3. The summed E-state index contributed by atoms with van der Waals surface area (Å²) in [6.45, 7) is 12.4. The molecule has 0 bridgehead atoms. The Labute approximate surface area is 404 Å². The van der Waals surface area contributed by atoms with Crippen molar-refractivity contribution in [1.82, 2.24) is 9.13 Å². The molecule has 67 heavy (non-hydrogen) atoms. The van der Waals surface area contributed by atoms with Gasteiger partial charge in [0.1, 0.15) is 10.9 Å². The lowest BCUT2D eigenvalue weighted by molar-refractivity contribution is -0.151. The zero-order valence-corrected chi connectivity index (χ0v) is 41.8. The quantitative estimate of drug-likeness (QED) is 0.1000. The number of nitrogens with one attached hydrogen (secondary N) is 1. The number of nitrogens with zero attached hydrogens (tertiary/aromatic N) is 3. The fraction of sp³-hybridized carbons (Fsp3) is 0.446. The molecule has 6 aromatic rings. The number of alkyl halides is 1. The first-order valence-corrected chi connectivity index (χ1v) is 25.5. The molecule has 0 atom stereocenters. The van der Waals surface area contributed by atoms with Gasteiger partial charge in [0.05, 0.1) is 36.7 Å². The molecule has 0 spiro atoms. The molecule has 354 valence electrons. The Morgan fingerprint density at radius 1 is 0.657 bits per heavy atom. The summed E-state index contributed by atoms with van der Waals surface area (Å²) in [6, 6.07) is 29.7. The third kappa shape index (κ3) is 10.2. The second-order valence-electron chi connectivity index (χ2n) is 19.2. The molecule has 10 nitrogen and oxygen atoms in total. The van der Waals surface area contributed by atoms with E-state index < -0.39 is 0 Å². The molecule has 2 aromatic heterocycles. The van der Waals surface area contributed by atoms with Crippen molar-refractivity contribution < 1.29 is 28.6 Å². The summed E-state index contributed by atoms with van der Waals surface area (Å²) in [6.07, 6.45) is 12.9. The zero-order chi connectivity index (χ0) is 47.2. The van der Waals surface area contributed by atoms with E-state index in [0.717, 1.165) is 38.2 Å². The van der Waals surface area contributed by atoms with Gasteiger partial charge in [-0.1, -0.05) is 103 Å². The fourth-order valence-electron chi connectivity index (χ4n) is 11.0. The molecular weight excluding hydrogens is 905 g/mol. The molecule has 2 fully saturated rings. The van der Waals surface area contributed by atoms with Crippen LogP contribution in [0.25, 0.3) is 44.3 Å². The van der Waals surface area contributed by atoms with E-state index in [2.05, 4.69) is 103 Å². The molecule has 4 heterocycles. The highest BCUT2D eigenvalue weighted by Crippen LogP contribution is 2.49. The van der Waals surface area contributed by atoms with E-state index in [1.54, 1.807) is 0 Å². The maximum Gasteiger partial charge on any atom is 0.337 e. The van der Waals surface area contributed by atoms with Crippen LogP contribution in [0.3, 0.4) is 0 Å². The fourth-order valence-corrected chi connectivity index (χ4v) is 11.1. The summed E-state index contributed by atoms with van der Waals surface area (Å²) in [5.41, 5.74) is 14.0. The van der Waals surface area contributed by atoms with Crippen molar-refractivity contribution in [3.63, 3.8) is 0 Å². The number of anilines is 2. The largest absolute Gasteiger partial charge is 0.465 e. The molecular formula is C56H67BrN4O6. The topological polar surface area (TPSA) is 104 Å². The van der Waals surface area contributed by atoms with Crippen LogP contribution in [0.15, 0.2) is 84.9 Å². The predicted molar refractivity (Wildman–Crippen MR) is 275 cm³/mol. The van der Waals surface area contributed by atoms with Gasteiger partial charge >= 0.3 is 17.9 Å². The molecule has 10 rings (SSSR count). The van der Waals surface area contributed by atoms with Crippen LogP contribution in [0.4, 0.5) is 11.4 Å². The van der Waals surface area contributed by atoms with Crippen LogP contribution in [0.2, 0.25) is 0 Å². The summed E-state index contributed by atoms with van der Waals surface area (Å²) < 4.78 is 19.8. The van der Waals surface area contributed by atoms with Gasteiger partial charge in [0.15, 0.2) is 0 Å². The van der Waals surface area contributed by atoms with Crippen LogP contribution in [0.1, 0.15) is 136 Å². The van der Waals surface area contributed by atoms with Crippen molar-refractivity contribution in [2.45, 2.75) is 122 Å². The maximum absolute atomic E-state index is 12.3. The van der Waals surface area contributed by atoms with Gasteiger partial charge in [-0.05, 0) is 113 Å².